The summed E-state index contributed by atoms with van der Waals surface area (Å²) in [7, 11) is 2.17. The highest BCUT2D eigenvalue weighted by Gasteiger charge is 2.40. The lowest BCUT2D eigenvalue weighted by Crippen LogP contribution is -2.43. The molecule has 0 saturated carbocycles. The molecule has 144 valence electrons. The van der Waals surface area contributed by atoms with Crippen LogP contribution in [0.15, 0.2) is 24.4 Å². The Morgan fingerprint density at radius 1 is 1.19 bits per heavy atom. The average molecular weight is 372 g/mol. The molecule has 0 amide bonds. The quantitative estimate of drug-likeness (QED) is 0.774. The van der Waals surface area contributed by atoms with Crippen molar-refractivity contribution in [2.45, 2.75) is 56.3 Å². The third-order valence-corrected chi connectivity index (χ3v) is 6.64. The zero-order valence-electron chi connectivity index (χ0n) is 15.6. The molecule has 3 aliphatic rings. The van der Waals surface area contributed by atoms with Crippen LogP contribution in [-0.2, 0) is 9.47 Å². The first-order valence-corrected chi connectivity index (χ1v) is 9.91. The normalized spacial score (nSPS) is 30.9. The maximum absolute atomic E-state index is 13.9. The molecule has 0 spiro atoms. The molecule has 4 heterocycles. The van der Waals surface area contributed by atoms with E-state index in [4.69, 9.17) is 9.47 Å². The number of ether oxygens (including phenoxy) is 2. The van der Waals surface area contributed by atoms with Crippen LogP contribution in [-0.4, -0.2) is 53.9 Å². The van der Waals surface area contributed by atoms with Crippen molar-refractivity contribution in [1.29, 1.82) is 0 Å². The summed E-state index contributed by atoms with van der Waals surface area (Å²) < 4.78 is 27.3. The Morgan fingerprint density at radius 3 is 2.67 bits per heavy atom. The van der Waals surface area contributed by atoms with Gasteiger partial charge in [0.15, 0.2) is 0 Å². The smallest absolute Gasteiger partial charge is 0.340 e. The minimum Gasteiger partial charge on any atom is -0.459 e. The van der Waals surface area contributed by atoms with E-state index in [0.29, 0.717) is 36.2 Å². The van der Waals surface area contributed by atoms with Crippen molar-refractivity contribution in [1.82, 2.24) is 9.47 Å². The number of carbonyl (C=O) groups is 1. The van der Waals surface area contributed by atoms with Crippen molar-refractivity contribution < 1.29 is 18.7 Å². The molecule has 3 saturated heterocycles. The number of hydrogen-bond donors (Lipinski definition) is 0. The number of rotatable bonds is 3. The van der Waals surface area contributed by atoms with E-state index < -0.39 is 0 Å². The molecule has 1 aromatic carbocycles. The van der Waals surface area contributed by atoms with E-state index in [0.717, 1.165) is 24.8 Å². The predicted molar refractivity (Wildman–Crippen MR) is 99.4 cm³/mol. The second-order valence-corrected chi connectivity index (χ2v) is 8.18. The molecule has 1 aromatic heterocycles. The van der Waals surface area contributed by atoms with Crippen LogP contribution in [0.25, 0.3) is 10.9 Å². The Balaban J connectivity index is 1.43. The molecule has 27 heavy (non-hydrogen) atoms. The number of piperidine rings is 1. The highest BCUT2D eigenvalue weighted by atomic mass is 19.1. The van der Waals surface area contributed by atoms with Gasteiger partial charge in [-0.15, -0.1) is 0 Å². The van der Waals surface area contributed by atoms with Crippen LogP contribution in [0.3, 0.4) is 0 Å². The topological polar surface area (TPSA) is 43.7 Å². The molecule has 0 aliphatic carbocycles. The zero-order chi connectivity index (χ0) is 18.5. The van der Waals surface area contributed by atoms with Gasteiger partial charge in [-0.2, -0.15) is 0 Å². The highest BCUT2D eigenvalue weighted by molar-refractivity contribution is 6.04. The summed E-state index contributed by atoms with van der Waals surface area (Å²) in [6.07, 6.45) is 6.82. The van der Waals surface area contributed by atoms with Crippen LogP contribution < -0.4 is 0 Å². The van der Waals surface area contributed by atoms with Gasteiger partial charge in [-0.3, -0.25) is 0 Å². The lowest BCUT2D eigenvalue weighted by molar-refractivity contribution is -0.000291. The second kappa shape index (κ2) is 6.60. The third kappa shape index (κ3) is 2.95. The Bertz CT molecular complexity index is 860. The van der Waals surface area contributed by atoms with E-state index in [2.05, 4.69) is 16.5 Å². The Labute approximate surface area is 158 Å². The minimum atomic E-state index is -0.339. The summed E-state index contributed by atoms with van der Waals surface area (Å²) >= 11 is 0. The van der Waals surface area contributed by atoms with Gasteiger partial charge in [0.1, 0.15) is 11.9 Å². The zero-order valence-corrected chi connectivity index (χ0v) is 15.6. The van der Waals surface area contributed by atoms with Crippen LogP contribution in [0.4, 0.5) is 4.39 Å². The molecule has 0 N–H and O–H groups in total. The van der Waals surface area contributed by atoms with Gasteiger partial charge in [0.05, 0.1) is 18.2 Å². The molecule has 0 radical (unpaired) electrons. The molecular weight excluding hydrogens is 347 g/mol. The molecule has 2 bridgehead atoms. The van der Waals surface area contributed by atoms with Gasteiger partial charge < -0.3 is 18.9 Å². The maximum Gasteiger partial charge on any atom is 0.340 e. The van der Waals surface area contributed by atoms with E-state index in [9.17, 15) is 9.18 Å². The summed E-state index contributed by atoms with van der Waals surface area (Å²) in [5.41, 5.74) is 1.32. The number of carbonyl (C=O) groups excluding carboxylic acids is 1. The minimum absolute atomic E-state index is 0.0482. The van der Waals surface area contributed by atoms with E-state index in [1.165, 1.54) is 25.0 Å². The van der Waals surface area contributed by atoms with E-state index in [1.54, 1.807) is 6.07 Å². The monoisotopic (exact) mass is 372 g/mol. The molecule has 6 heteroatoms. The number of fused-ring (bicyclic) bond motifs is 3. The molecule has 3 aliphatic heterocycles. The summed E-state index contributed by atoms with van der Waals surface area (Å²) in [4.78, 5) is 15.4. The summed E-state index contributed by atoms with van der Waals surface area (Å²) in [5, 5.41) is 0.628. The first-order valence-electron chi connectivity index (χ1n) is 9.91. The fourth-order valence-corrected chi connectivity index (χ4v) is 5.11. The van der Waals surface area contributed by atoms with Gasteiger partial charge in [0.25, 0.3) is 0 Å². The number of nitrogens with zero attached hydrogens (tertiary/aromatic N) is 2. The van der Waals surface area contributed by atoms with E-state index >= 15 is 0 Å². The number of hydrogen-bond acceptors (Lipinski definition) is 4. The van der Waals surface area contributed by atoms with Gasteiger partial charge in [-0.1, -0.05) is 0 Å². The van der Waals surface area contributed by atoms with Crippen molar-refractivity contribution in [3.63, 3.8) is 0 Å². The Kier molecular flexibility index (Phi) is 4.20. The standard InChI is InChI=1S/C21H25FN2O3/c1-23-14-3-4-15(23)10-17(9-14)27-21(25)19-11-24(16-6-7-26-12-16)20-5-2-13(22)8-18(19)20/h2,5,8,11,14-17H,3-4,6-7,9-10,12H2,1H3. The molecule has 2 aromatic rings. The van der Waals surface area contributed by atoms with Crippen molar-refractivity contribution in [2.24, 2.45) is 0 Å². The van der Waals surface area contributed by atoms with Gasteiger partial charge in [-0.25, -0.2) is 9.18 Å². The van der Waals surface area contributed by atoms with Crippen LogP contribution in [0.5, 0.6) is 0 Å². The van der Waals surface area contributed by atoms with Gasteiger partial charge >= 0.3 is 5.97 Å². The second-order valence-electron chi connectivity index (χ2n) is 8.18. The first-order chi connectivity index (χ1) is 13.1. The summed E-state index contributed by atoms with van der Waals surface area (Å²) in [6, 6.07) is 5.83. The van der Waals surface area contributed by atoms with E-state index in [1.807, 2.05) is 6.20 Å². The molecule has 5 rings (SSSR count). The molecule has 5 nitrogen and oxygen atoms in total. The lowest BCUT2D eigenvalue weighted by Gasteiger charge is -2.35. The fourth-order valence-electron chi connectivity index (χ4n) is 5.11. The molecule has 3 atom stereocenters. The predicted octanol–water partition coefficient (Wildman–Crippen LogP) is 3.52. The van der Waals surface area contributed by atoms with Gasteiger partial charge in [0, 0.05) is 48.6 Å². The van der Waals surface area contributed by atoms with Crippen molar-refractivity contribution >= 4 is 16.9 Å². The molecular formula is C21H25FN2O3. The highest BCUT2D eigenvalue weighted by Crippen LogP contribution is 2.36. The largest absolute Gasteiger partial charge is 0.459 e. The number of benzene rings is 1. The summed E-state index contributed by atoms with van der Waals surface area (Å²) in [5.74, 6) is -0.675. The molecule has 3 unspecified atom stereocenters. The summed E-state index contributed by atoms with van der Waals surface area (Å²) in [6.45, 7) is 1.33. The fraction of sp³-hybridized carbons (Fsp3) is 0.571. The third-order valence-electron chi connectivity index (χ3n) is 6.64. The van der Waals surface area contributed by atoms with Crippen LogP contribution >= 0.6 is 0 Å². The van der Waals surface area contributed by atoms with Crippen molar-refractivity contribution in [3.05, 3.63) is 35.8 Å². The average Bonchev–Trinajstić information content (AvgIpc) is 3.33. The first kappa shape index (κ1) is 17.2. The van der Waals surface area contributed by atoms with Crippen LogP contribution in [0, 0.1) is 5.82 Å². The number of aromatic nitrogens is 1. The SMILES string of the molecule is CN1C2CCC1CC(OC(=O)c1cn(C3CCOC3)c3ccc(F)cc13)C2. The number of halogens is 1. The molecule has 3 fully saturated rings. The lowest BCUT2D eigenvalue weighted by atomic mass is 10.0. The van der Waals surface area contributed by atoms with E-state index in [-0.39, 0.29) is 23.9 Å². The van der Waals surface area contributed by atoms with Crippen molar-refractivity contribution in [3.8, 4) is 0 Å². The maximum atomic E-state index is 13.9. The van der Waals surface area contributed by atoms with Gasteiger partial charge in [-0.05, 0) is 44.5 Å². The van der Waals surface area contributed by atoms with Crippen LogP contribution in [0.1, 0.15) is 48.5 Å². The Hall–Kier alpha value is -1.92. The van der Waals surface area contributed by atoms with Crippen molar-refractivity contribution in [2.75, 3.05) is 20.3 Å². The van der Waals surface area contributed by atoms with Gasteiger partial charge in [0.2, 0.25) is 0 Å². The number of esters is 1. The Morgan fingerprint density at radius 2 is 1.96 bits per heavy atom. The van der Waals surface area contributed by atoms with Crippen LogP contribution in [0.2, 0.25) is 0 Å².